The summed E-state index contributed by atoms with van der Waals surface area (Å²) in [7, 11) is 0. The minimum Gasteiger partial charge on any atom is -0.324 e. The topological polar surface area (TPSA) is 122 Å². The number of rotatable bonds is 5. The third-order valence-corrected chi connectivity index (χ3v) is 4.90. The summed E-state index contributed by atoms with van der Waals surface area (Å²) in [6.45, 7) is 4.79. The first-order chi connectivity index (χ1) is 13.6. The summed E-state index contributed by atoms with van der Waals surface area (Å²) in [6.07, 6.45) is 0. The summed E-state index contributed by atoms with van der Waals surface area (Å²) in [6, 6.07) is 10.2. The highest BCUT2D eigenvalue weighted by Gasteiger charge is 2.49. The predicted molar refractivity (Wildman–Crippen MR) is 105 cm³/mol. The smallest absolute Gasteiger partial charge is 0.324 e. The van der Waals surface area contributed by atoms with Crippen molar-refractivity contribution < 1.29 is 19.3 Å². The van der Waals surface area contributed by atoms with E-state index in [0.29, 0.717) is 11.3 Å². The van der Waals surface area contributed by atoms with Gasteiger partial charge in [-0.15, -0.1) is 0 Å². The number of nitro groups is 1. The zero-order valence-corrected chi connectivity index (χ0v) is 16.2. The Morgan fingerprint density at radius 2 is 1.83 bits per heavy atom. The predicted octanol–water partition coefficient (Wildman–Crippen LogP) is 2.62. The molecule has 9 heteroatoms. The van der Waals surface area contributed by atoms with Crippen LogP contribution in [0.15, 0.2) is 42.5 Å². The molecule has 0 aliphatic carbocycles. The van der Waals surface area contributed by atoms with E-state index in [9.17, 15) is 24.5 Å². The second-order valence-corrected chi connectivity index (χ2v) is 7.12. The van der Waals surface area contributed by atoms with Crippen molar-refractivity contribution in [3.63, 3.8) is 0 Å². The Bertz CT molecular complexity index is 1020. The molecular formula is C20H20N4O5. The summed E-state index contributed by atoms with van der Waals surface area (Å²) in [5, 5.41) is 16.1. The van der Waals surface area contributed by atoms with Crippen LogP contribution in [0.2, 0.25) is 0 Å². The largest absolute Gasteiger partial charge is 0.325 e. The fraction of sp³-hybridized carbons (Fsp3) is 0.250. The van der Waals surface area contributed by atoms with Gasteiger partial charge in [0.15, 0.2) is 0 Å². The second kappa shape index (κ2) is 7.34. The van der Waals surface area contributed by atoms with Crippen LogP contribution >= 0.6 is 0 Å². The molecule has 3 rings (SSSR count). The number of nitrogens with one attached hydrogen (secondary N) is 2. The van der Waals surface area contributed by atoms with E-state index in [0.717, 1.165) is 16.0 Å². The van der Waals surface area contributed by atoms with Crippen molar-refractivity contribution in [3.8, 4) is 0 Å². The summed E-state index contributed by atoms with van der Waals surface area (Å²) >= 11 is 0. The van der Waals surface area contributed by atoms with Crippen LogP contribution in [0.4, 0.5) is 16.2 Å². The molecule has 2 aromatic rings. The molecule has 150 valence electrons. The monoisotopic (exact) mass is 396 g/mol. The maximum atomic E-state index is 12.9. The SMILES string of the molecule is Cc1ccc(C)c(NC(=O)CN2C(=O)N[C@@](C)(c3ccc([N+](=O)[O-])cc3)C2=O)c1. The minimum atomic E-state index is -1.41. The van der Waals surface area contributed by atoms with Crippen LogP contribution < -0.4 is 10.6 Å². The van der Waals surface area contributed by atoms with Crippen molar-refractivity contribution in [2.45, 2.75) is 26.3 Å². The lowest BCUT2D eigenvalue weighted by Crippen LogP contribution is -2.42. The molecule has 0 unspecified atom stereocenters. The Balaban J connectivity index is 1.76. The quantitative estimate of drug-likeness (QED) is 0.457. The zero-order chi connectivity index (χ0) is 21.3. The number of anilines is 1. The van der Waals surface area contributed by atoms with Crippen molar-refractivity contribution in [1.29, 1.82) is 0 Å². The lowest BCUT2D eigenvalue weighted by atomic mass is 9.92. The number of urea groups is 1. The Hall–Kier alpha value is -3.75. The van der Waals surface area contributed by atoms with E-state index >= 15 is 0 Å². The molecular weight excluding hydrogens is 376 g/mol. The number of benzene rings is 2. The van der Waals surface area contributed by atoms with Gasteiger partial charge in [0, 0.05) is 17.8 Å². The van der Waals surface area contributed by atoms with Crippen molar-refractivity contribution in [2.24, 2.45) is 0 Å². The van der Waals surface area contributed by atoms with E-state index in [1.54, 1.807) is 6.07 Å². The number of amides is 4. The summed E-state index contributed by atoms with van der Waals surface area (Å²) in [5.74, 6) is -1.11. The van der Waals surface area contributed by atoms with E-state index < -0.39 is 34.9 Å². The molecule has 4 amide bonds. The van der Waals surface area contributed by atoms with Gasteiger partial charge in [-0.3, -0.25) is 24.6 Å². The highest BCUT2D eigenvalue weighted by molar-refractivity contribution is 6.10. The molecule has 1 fully saturated rings. The van der Waals surface area contributed by atoms with E-state index in [1.807, 2.05) is 26.0 Å². The molecule has 0 aromatic heterocycles. The molecule has 1 aliphatic rings. The van der Waals surface area contributed by atoms with Crippen molar-refractivity contribution in [2.75, 3.05) is 11.9 Å². The highest BCUT2D eigenvalue weighted by Crippen LogP contribution is 2.30. The van der Waals surface area contributed by atoms with Gasteiger partial charge in [-0.1, -0.05) is 12.1 Å². The Morgan fingerprint density at radius 3 is 2.45 bits per heavy atom. The minimum absolute atomic E-state index is 0.126. The van der Waals surface area contributed by atoms with Crippen LogP contribution in [0.25, 0.3) is 0 Å². The standard InChI is InChI=1S/C20H20N4O5/c1-12-4-5-13(2)16(10-12)21-17(25)11-23-18(26)20(3,22-19(23)27)14-6-8-15(9-7-14)24(28)29/h4-10H,11H2,1-3H3,(H,21,25)(H,22,27)/t20-/m0/s1. The van der Waals surface area contributed by atoms with Gasteiger partial charge in [-0.05, 0) is 55.7 Å². The Kier molecular flexibility index (Phi) is 5.06. The molecule has 0 radical (unpaired) electrons. The van der Waals surface area contributed by atoms with Crippen LogP contribution in [0.1, 0.15) is 23.6 Å². The number of nitrogens with zero attached hydrogens (tertiary/aromatic N) is 2. The van der Waals surface area contributed by atoms with Gasteiger partial charge in [0.2, 0.25) is 5.91 Å². The first-order valence-corrected chi connectivity index (χ1v) is 8.88. The number of imide groups is 1. The maximum absolute atomic E-state index is 12.9. The van der Waals surface area contributed by atoms with Crippen molar-refractivity contribution in [3.05, 3.63) is 69.3 Å². The number of aryl methyl sites for hydroxylation is 2. The van der Waals surface area contributed by atoms with Crippen LogP contribution in [0.3, 0.4) is 0 Å². The maximum Gasteiger partial charge on any atom is 0.325 e. The van der Waals surface area contributed by atoms with Gasteiger partial charge in [-0.2, -0.15) is 0 Å². The number of non-ortho nitro benzene ring substituents is 1. The molecule has 0 bridgehead atoms. The number of carbonyl (C=O) groups is 3. The summed E-state index contributed by atoms with van der Waals surface area (Å²) in [4.78, 5) is 48.8. The number of nitro benzene ring substituents is 1. The van der Waals surface area contributed by atoms with Crippen LogP contribution in [0, 0.1) is 24.0 Å². The lowest BCUT2D eigenvalue weighted by molar-refractivity contribution is -0.384. The van der Waals surface area contributed by atoms with Gasteiger partial charge in [0.1, 0.15) is 12.1 Å². The highest BCUT2D eigenvalue weighted by atomic mass is 16.6. The number of hydrogen-bond donors (Lipinski definition) is 2. The molecule has 1 saturated heterocycles. The van der Waals surface area contributed by atoms with Gasteiger partial charge < -0.3 is 10.6 Å². The molecule has 2 aromatic carbocycles. The average molecular weight is 396 g/mol. The van der Waals surface area contributed by atoms with Crippen molar-refractivity contribution in [1.82, 2.24) is 10.2 Å². The molecule has 1 atom stereocenters. The molecule has 1 aliphatic heterocycles. The lowest BCUT2D eigenvalue weighted by Gasteiger charge is -2.22. The second-order valence-electron chi connectivity index (χ2n) is 7.12. The van der Waals surface area contributed by atoms with E-state index in [2.05, 4.69) is 10.6 Å². The van der Waals surface area contributed by atoms with Gasteiger partial charge in [-0.25, -0.2) is 4.79 Å². The normalized spacial score (nSPS) is 18.5. The van der Waals surface area contributed by atoms with Gasteiger partial charge >= 0.3 is 6.03 Å². The fourth-order valence-corrected chi connectivity index (χ4v) is 3.16. The molecule has 1 heterocycles. The van der Waals surface area contributed by atoms with Crippen LogP contribution in [-0.2, 0) is 15.1 Å². The number of hydrogen-bond acceptors (Lipinski definition) is 5. The van der Waals surface area contributed by atoms with Crippen LogP contribution in [0.5, 0.6) is 0 Å². The van der Waals surface area contributed by atoms with Gasteiger partial charge in [0.25, 0.3) is 11.6 Å². The first kappa shape index (κ1) is 20.0. The molecule has 0 spiro atoms. The summed E-state index contributed by atoms with van der Waals surface area (Å²) < 4.78 is 0. The average Bonchev–Trinajstić information content (AvgIpc) is 2.89. The molecule has 9 nitrogen and oxygen atoms in total. The summed E-state index contributed by atoms with van der Waals surface area (Å²) in [5.41, 5.74) is 1.28. The van der Waals surface area contributed by atoms with Gasteiger partial charge in [0.05, 0.1) is 4.92 Å². The van der Waals surface area contributed by atoms with Crippen molar-refractivity contribution >= 4 is 29.2 Å². The number of carbonyl (C=O) groups excluding carboxylic acids is 3. The Morgan fingerprint density at radius 1 is 1.17 bits per heavy atom. The Labute approximate surface area is 166 Å². The van der Waals surface area contributed by atoms with E-state index in [1.165, 1.54) is 31.2 Å². The molecule has 0 saturated carbocycles. The first-order valence-electron chi connectivity index (χ1n) is 8.88. The zero-order valence-electron chi connectivity index (χ0n) is 16.2. The van der Waals surface area contributed by atoms with E-state index in [4.69, 9.17) is 0 Å². The third kappa shape index (κ3) is 3.79. The third-order valence-electron chi connectivity index (χ3n) is 4.90. The van der Waals surface area contributed by atoms with E-state index in [-0.39, 0.29) is 5.69 Å². The fourth-order valence-electron chi connectivity index (χ4n) is 3.16. The molecule has 29 heavy (non-hydrogen) atoms. The molecule has 2 N–H and O–H groups in total. The van der Waals surface area contributed by atoms with Crippen LogP contribution in [-0.4, -0.2) is 34.2 Å².